The molecule has 8 nitrogen and oxygen atoms in total. The summed E-state index contributed by atoms with van der Waals surface area (Å²) >= 11 is 0. The van der Waals surface area contributed by atoms with Gasteiger partial charge in [-0.25, -0.2) is 9.59 Å². The summed E-state index contributed by atoms with van der Waals surface area (Å²) in [7, 11) is 0. The van der Waals surface area contributed by atoms with Crippen LogP contribution in [0, 0.1) is 5.92 Å². The molecular weight excluding hydrogens is 680 g/mol. The third-order valence-electron chi connectivity index (χ3n) is 10.6. The second-order valence-electron chi connectivity index (χ2n) is 15.1. The first kappa shape index (κ1) is 36.9. The zero-order chi connectivity index (χ0) is 37.8. The lowest BCUT2D eigenvalue weighted by Crippen LogP contribution is -2.52. The predicted molar refractivity (Wildman–Crippen MR) is 206 cm³/mol. The number of ether oxygens (including phenoxy) is 3. The van der Waals surface area contributed by atoms with Crippen molar-refractivity contribution < 1.29 is 33.3 Å². The van der Waals surface area contributed by atoms with Crippen LogP contribution in [0.15, 0.2) is 123 Å². The van der Waals surface area contributed by atoms with Crippen LogP contribution in [0.1, 0.15) is 79.5 Å². The van der Waals surface area contributed by atoms with Gasteiger partial charge in [0.15, 0.2) is 12.2 Å². The van der Waals surface area contributed by atoms with Crippen LogP contribution in [0.4, 0.5) is 0 Å². The molecule has 8 rings (SSSR count). The first-order valence-electron chi connectivity index (χ1n) is 18.7. The number of carbonyl (C=O) groups excluding carboxylic acids is 2. The van der Waals surface area contributed by atoms with E-state index in [2.05, 4.69) is 72.8 Å². The molecule has 0 aliphatic carbocycles. The van der Waals surface area contributed by atoms with E-state index in [9.17, 15) is 19.5 Å². The van der Waals surface area contributed by atoms with E-state index in [0.717, 1.165) is 30.4 Å². The lowest BCUT2D eigenvalue weighted by atomic mass is 9.86. The molecule has 2 bridgehead atoms. The molecule has 3 aliphatic heterocycles. The van der Waals surface area contributed by atoms with Crippen LogP contribution < -0.4 is 10.4 Å². The summed E-state index contributed by atoms with van der Waals surface area (Å²) < 4.78 is 24.8. The van der Waals surface area contributed by atoms with Crippen LogP contribution in [-0.2, 0) is 44.7 Å². The number of carbonyl (C=O) groups is 2. The second-order valence-corrected chi connectivity index (χ2v) is 15.1. The molecule has 0 saturated heterocycles. The van der Waals surface area contributed by atoms with Crippen LogP contribution in [0.25, 0.3) is 11.0 Å². The van der Waals surface area contributed by atoms with Crippen LogP contribution in [0.5, 0.6) is 5.75 Å². The normalized spacial score (nSPS) is 21.0. The smallest absolute Gasteiger partial charge is 0.336 e. The van der Waals surface area contributed by atoms with Gasteiger partial charge in [-0.05, 0) is 117 Å². The number of benzene rings is 4. The molecule has 1 aromatic heterocycles. The quantitative estimate of drug-likeness (QED) is 0.106. The highest BCUT2D eigenvalue weighted by Gasteiger charge is 2.50. The zero-order valence-corrected chi connectivity index (χ0v) is 31.0. The predicted octanol–water partition coefficient (Wildman–Crippen LogP) is 8.19. The molecular formula is C46H46O8. The Morgan fingerprint density at radius 1 is 0.778 bits per heavy atom. The molecule has 3 atom stereocenters. The van der Waals surface area contributed by atoms with E-state index in [0.29, 0.717) is 47.1 Å². The summed E-state index contributed by atoms with van der Waals surface area (Å²) in [4.78, 5) is 40.8. The Kier molecular flexibility index (Phi) is 10.8. The van der Waals surface area contributed by atoms with Gasteiger partial charge in [0.05, 0.1) is 12.2 Å². The lowest BCUT2D eigenvalue weighted by molar-refractivity contribution is -0.188. The molecule has 54 heavy (non-hydrogen) atoms. The van der Waals surface area contributed by atoms with Gasteiger partial charge in [-0.15, -0.1) is 0 Å². The fraction of sp³-hybridized carbons (Fsp3) is 0.326. The minimum Gasteiger partial charge on any atom is -0.483 e. The third-order valence-corrected chi connectivity index (χ3v) is 10.6. The molecule has 1 N–H and O–H groups in total. The van der Waals surface area contributed by atoms with E-state index in [4.69, 9.17) is 18.6 Å². The van der Waals surface area contributed by atoms with Crippen molar-refractivity contribution in [2.24, 2.45) is 5.92 Å². The molecule has 0 spiro atoms. The van der Waals surface area contributed by atoms with Crippen molar-refractivity contribution in [1.29, 1.82) is 0 Å². The maximum Gasteiger partial charge on any atom is 0.336 e. The first-order chi connectivity index (χ1) is 26.1. The van der Waals surface area contributed by atoms with E-state index in [1.165, 1.54) is 22.8 Å². The van der Waals surface area contributed by atoms with Crippen molar-refractivity contribution in [2.45, 2.75) is 83.5 Å². The Hall–Kier alpha value is -5.47. The summed E-state index contributed by atoms with van der Waals surface area (Å²) in [5.41, 5.74) is 5.49. The number of aryl methyl sites for hydroxylation is 2. The van der Waals surface area contributed by atoms with Crippen molar-refractivity contribution in [2.75, 3.05) is 6.61 Å². The average Bonchev–Trinajstić information content (AvgIpc) is 3.15. The number of hydrogen-bond acceptors (Lipinski definition) is 8. The average molecular weight is 727 g/mol. The molecule has 278 valence electrons. The van der Waals surface area contributed by atoms with Gasteiger partial charge in [0.1, 0.15) is 16.9 Å². The molecule has 0 radical (unpaired) electrons. The Bertz CT molecular complexity index is 2230. The Balaban J connectivity index is 1.24. The summed E-state index contributed by atoms with van der Waals surface area (Å²) in [6, 6.07) is 33.8. The Labute approximate surface area is 315 Å². The van der Waals surface area contributed by atoms with E-state index < -0.39 is 35.4 Å². The van der Waals surface area contributed by atoms with E-state index in [1.807, 2.05) is 6.07 Å². The largest absolute Gasteiger partial charge is 0.483 e. The van der Waals surface area contributed by atoms with Gasteiger partial charge >= 0.3 is 17.6 Å². The van der Waals surface area contributed by atoms with Gasteiger partial charge in [-0.1, -0.05) is 78.9 Å². The number of esters is 2. The van der Waals surface area contributed by atoms with Gasteiger partial charge in [0, 0.05) is 23.4 Å². The van der Waals surface area contributed by atoms with Crippen LogP contribution in [-0.4, -0.2) is 35.4 Å². The standard InChI is InChI=1S/C46H46O8/c1-29(28-47)37-21-18-30-12-14-33(15-13-30)26-35(17-16-32-10-7-11-34(25-32)24-31-8-5-4-6-9-31)27-40(49)52-43-41-38(54-46(2,3)44(43)53-45(37)50)22-19-36-20-23-39(48)51-42(36)41/h4-15,19-20,22-23,25,35,43-44,47H,16-18,21,24,26-28H2,1-3H3/b37-29-/t35-,43+,44-/m0/s1. The Morgan fingerprint density at radius 2 is 1.50 bits per heavy atom. The van der Waals surface area contributed by atoms with E-state index >= 15 is 0 Å². The fourth-order valence-corrected chi connectivity index (χ4v) is 7.69. The van der Waals surface area contributed by atoms with Crippen LogP contribution in [0.2, 0.25) is 0 Å². The summed E-state index contributed by atoms with van der Waals surface area (Å²) in [5, 5.41) is 10.7. The highest BCUT2D eigenvalue weighted by Crippen LogP contribution is 2.47. The van der Waals surface area contributed by atoms with E-state index in [-0.39, 0.29) is 24.5 Å². The maximum atomic E-state index is 14.3. The first-order valence-corrected chi connectivity index (χ1v) is 18.7. The molecule has 0 amide bonds. The van der Waals surface area contributed by atoms with Crippen molar-refractivity contribution >= 4 is 22.9 Å². The highest BCUT2D eigenvalue weighted by molar-refractivity contribution is 5.90. The van der Waals surface area contributed by atoms with Crippen LogP contribution in [0.3, 0.4) is 0 Å². The van der Waals surface area contributed by atoms with Gasteiger partial charge in [-0.2, -0.15) is 0 Å². The molecule has 4 heterocycles. The maximum absolute atomic E-state index is 14.3. The number of aliphatic hydroxyl groups is 1. The molecule has 4 aromatic carbocycles. The summed E-state index contributed by atoms with van der Waals surface area (Å²) in [6.45, 7) is 4.94. The number of hydrogen-bond donors (Lipinski definition) is 1. The van der Waals surface area contributed by atoms with E-state index in [1.54, 1.807) is 39.0 Å². The number of fused-ring (bicyclic) bond motifs is 13. The zero-order valence-electron chi connectivity index (χ0n) is 31.0. The number of rotatable bonds is 6. The molecule has 8 heteroatoms. The Morgan fingerprint density at radius 3 is 2.28 bits per heavy atom. The SMILES string of the molecule is C/C(CO)=C1\CCc2ccc(cc2)C[C@H](CCc2cccc(Cc3ccccc3)c2)CC(=O)O[C@@H]2c3c(ccc4ccc(=O)oc34)OC(C)(C)[C@H]2OC1=O. The van der Waals surface area contributed by atoms with Gasteiger partial charge in [0.25, 0.3) is 0 Å². The molecule has 3 aliphatic rings. The number of aliphatic hydroxyl groups excluding tert-OH is 1. The third kappa shape index (κ3) is 8.34. The topological polar surface area (TPSA) is 112 Å². The highest BCUT2D eigenvalue weighted by atomic mass is 16.6. The summed E-state index contributed by atoms with van der Waals surface area (Å²) in [5.74, 6) is -0.788. The second kappa shape index (κ2) is 15.9. The van der Waals surface area contributed by atoms with Gasteiger partial charge in [0.2, 0.25) is 0 Å². The van der Waals surface area contributed by atoms with Crippen molar-refractivity contribution in [3.05, 3.63) is 158 Å². The molecule has 5 aromatic rings. The molecule has 0 fully saturated rings. The van der Waals surface area contributed by atoms with Crippen molar-refractivity contribution in [3.8, 4) is 5.75 Å². The molecule has 0 saturated carbocycles. The summed E-state index contributed by atoms with van der Waals surface area (Å²) in [6.07, 6.45) is 1.78. The van der Waals surface area contributed by atoms with Crippen molar-refractivity contribution in [1.82, 2.24) is 0 Å². The minimum absolute atomic E-state index is 0.0606. The lowest BCUT2D eigenvalue weighted by Gasteiger charge is -2.43. The van der Waals surface area contributed by atoms with Crippen LogP contribution >= 0.6 is 0 Å². The monoisotopic (exact) mass is 726 g/mol. The minimum atomic E-state index is -1.15. The molecule has 0 unspecified atom stereocenters. The van der Waals surface area contributed by atoms with Gasteiger partial charge in [-0.3, -0.25) is 4.79 Å². The van der Waals surface area contributed by atoms with Gasteiger partial charge < -0.3 is 23.7 Å². The fourth-order valence-electron chi connectivity index (χ4n) is 7.69. The van der Waals surface area contributed by atoms with Crippen molar-refractivity contribution in [3.63, 3.8) is 0 Å².